The molecule has 4 rings (SSSR count). The van der Waals surface area contributed by atoms with Crippen molar-refractivity contribution in [3.63, 3.8) is 0 Å². The summed E-state index contributed by atoms with van der Waals surface area (Å²) >= 11 is 0. The lowest BCUT2D eigenvalue weighted by Crippen LogP contribution is -2.47. The molecule has 0 bridgehead atoms. The van der Waals surface area contributed by atoms with Crippen molar-refractivity contribution in [3.05, 3.63) is 132 Å². The van der Waals surface area contributed by atoms with Crippen LogP contribution < -0.4 is 10.7 Å². The van der Waals surface area contributed by atoms with Crippen LogP contribution in [-0.2, 0) is 11.2 Å². The summed E-state index contributed by atoms with van der Waals surface area (Å²) in [5.74, 6) is -0.756. The van der Waals surface area contributed by atoms with Crippen molar-refractivity contribution in [1.82, 2.24) is 10.7 Å². The molecule has 2 amide bonds. The first kappa shape index (κ1) is 21.8. The first-order chi connectivity index (χ1) is 16.2. The number of furan rings is 1. The largest absolute Gasteiger partial charge is 0.459 e. The van der Waals surface area contributed by atoms with Gasteiger partial charge in [-0.3, -0.25) is 9.59 Å². The highest BCUT2D eigenvalue weighted by Gasteiger charge is 2.23. The second-order valence-electron chi connectivity index (χ2n) is 7.36. The fraction of sp³-hybridized carbons (Fsp3) is 0.0741. The average molecular weight is 437 g/mol. The Hall–Kier alpha value is -4.45. The van der Waals surface area contributed by atoms with E-state index in [-0.39, 0.29) is 5.76 Å². The molecule has 4 aromatic rings. The Labute approximate surface area is 192 Å². The third kappa shape index (κ3) is 5.83. The molecular weight excluding hydrogens is 414 g/mol. The van der Waals surface area contributed by atoms with Gasteiger partial charge in [-0.1, -0.05) is 91.0 Å². The predicted molar refractivity (Wildman–Crippen MR) is 127 cm³/mol. The summed E-state index contributed by atoms with van der Waals surface area (Å²) in [6, 6.07) is 31.0. The number of carbonyl (C=O) groups is 2. The Balaban J connectivity index is 1.58. The molecule has 6 nitrogen and oxygen atoms in total. The van der Waals surface area contributed by atoms with E-state index in [4.69, 9.17) is 4.42 Å². The van der Waals surface area contributed by atoms with Gasteiger partial charge in [0.2, 0.25) is 0 Å². The molecule has 0 saturated heterocycles. The predicted octanol–water partition coefficient (Wildman–Crippen LogP) is 4.19. The van der Waals surface area contributed by atoms with Gasteiger partial charge in [0.15, 0.2) is 5.76 Å². The molecule has 0 aliphatic carbocycles. The van der Waals surface area contributed by atoms with E-state index in [1.165, 1.54) is 6.26 Å². The maximum absolute atomic E-state index is 13.2. The number of carbonyl (C=O) groups excluding carboxylic acids is 2. The van der Waals surface area contributed by atoms with E-state index >= 15 is 0 Å². The third-order valence-corrected chi connectivity index (χ3v) is 5.02. The van der Waals surface area contributed by atoms with E-state index in [1.807, 2.05) is 91.0 Å². The summed E-state index contributed by atoms with van der Waals surface area (Å²) in [6.45, 7) is 0. The molecular formula is C27H23N3O3. The normalized spacial score (nSPS) is 11.3. The highest BCUT2D eigenvalue weighted by Crippen LogP contribution is 2.11. The monoisotopic (exact) mass is 437 g/mol. The van der Waals surface area contributed by atoms with Crippen LogP contribution in [0.2, 0.25) is 0 Å². The van der Waals surface area contributed by atoms with Crippen molar-refractivity contribution >= 4 is 17.5 Å². The standard InChI is InChI=1S/C27H23N3O3/c31-26(30-29-25(21-13-6-2-7-14-21)22-15-8-3-9-16-22)23(19-20-11-4-1-5-12-20)28-27(32)24-17-10-18-33-24/h1-18,23H,19H2,(H,28,32)(H,30,31). The van der Waals surface area contributed by atoms with Crippen molar-refractivity contribution in [2.75, 3.05) is 0 Å². The molecule has 3 aromatic carbocycles. The smallest absolute Gasteiger partial charge is 0.287 e. The molecule has 33 heavy (non-hydrogen) atoms. The zero-order valence-electron chi connectivity index (χ0n) is 17.8. The lowest BCUT2D eigenvalue weighted by molar-refractivity contribution is -0.122. The van der Waals surface area contributed by atoms with E-state index in [0.29, 0.717) is 12.1 Å². The molecule has 6 heteroatoms. The van der Waals surface area contributed by atoms with Gasteiger partial charge in [-0.2, -0.15) is 5.10 Å². The molecule has 0 spiro atoms. The van der Waals surface area contributed by atoms with Crippen LogP contribution in [0.1, 0.15) is 27.2 Å². The Morgan fingerprint density at radius 3 is 1.88 bits per heavy atom. The molecule has 0 radical (unpaired) electrons. The summed E-state index contributed by atoms with van der Waals surface area (Å²) in [5, 5.41) is 7.20. The number of hydrazone groups is 1. The number of amides is 2. The Morgan fingerprint density at radius 2 is 1.33 bits per heavy atom. The van der Waals surface area contributed by atoms with Crippen LogP contribution in [0.25, 0.3) is 0 Å². The van der Waals surface area contributed by atoms with Gasteiger partial charge in [0.1, 0.15) is 6.04 Å². The fourth-order valence-corrected chi connectivity index (χ4v) is 3.37. The van der Waals surface area contributed by atoms with Gasteiger partial charge < -0.3 is 9.73 Å². The molecule has 164 valence electrons. The van der Waals surface area contributed by atoms with E-state index in [9.17, 15) is 9.59 Å². The highest BCUT2D eigenvalue weighted by atomic mass is 16.3. The fourth-order valence-electron chi connectivity index (χ4n) is 3.37. The van der Waals surface area contributed by atoms with Crippen LogP contribution in [0.5, 0.6) is 0 Å². The number of hydrogen-bond acceptors (Lipinski definition) is 4. The molecule has 1 heterocycles. The van der Waals surface area contributed by atoms with Crippen LogP contribution in [-0.4, -0.2) is 23.6 Å². The lowest BCUT2D eigenvalue weighted by Gasteiger charge is -2.17. The number of rotatable bonds is 8. The van der Waals surface area contributed by atoms with Gasteiger partial charge in [-0.15, -0.1) is 0 Å². The first-order valence-corrected chi connectivity index (χ1v) is 10.6. The highest BCUT2D eigenvalue weighted by molar-refractivity contribution is 6.13. The van der Waals surface area contributed by atoms with Crippen LogP contribution in [0.3, 0.4) is 0 Å². The van der Waals surface area contributed by atoms with Crippen LogP contribution in [0, 0.1) is 0 Å². The van der Waals surface area contributed by atoms with E-state index in [1.54, 1.807) is 12.1 Å². The van der Waals surface area contributed by atoms with Gasteiger partial charge in [0.05, 0.1) is 12.0 Å². The second kappa shape index (κ2) is 10.7. The Bertz CT molecular complexity index is 1160. The van der Waals surface area contributed by atoms with Gasteiger partial charge in [-0.25, -0.2) is 5.43 Å². The quantitative estimate of drug-likeness (QED) is 0.320. The lowest BCUT2D eigenvalue weighted by atomic mass is 10.0. The van der Waals surface area contributed by atoms with Gasteiger partial charge in [-0.05, 0) is 17.7 Å². The molecule has 0 fully saturated rings. The number of nitrogens with one attached hydrogen (secondary N) is 2. The summed E-state index contributed by atoms with van der Waals surface area (Å²) in [6.07, 6.45) is 1.72. The third-order valence-electron chi connectivity index (χ3n) is 5.02. The van der Waals surface area contributed by atoms with E-state index < -0.39 is 17.9 Å². The minimum Gasteiger partial charge on any atom is -0.459 e. The van der Waals surface area contributed by atoms with E-state index in [0.717, 1.165) is 16.7 Å². The number of benzene rings is 3. The van der Waals surface area contributed by atoms with Crippen LogP contribution in [0.4, 0.5) is 0 Å². The van der Waals surface area contributed by atoms with Gasteiger partial charge in [0.25, 0.3) is 11.8 Å². The summed E-state index contributed by atoms with van der Waals surface area (Å²) < 4.78 is 5.17. The molecule has 2 N–H and O–H groups in total. The van der Waals surface area contributed by atoms with Crippen LogP contribution in [0.15, 0.2) is 119 Å². The van der Waals surface area contributed by atoms with Crippen LogP contribution >= 0.6 is 0 Å². The zero-order valence-corrected chi connectivity index (χ0v) is 17.8. The molecule has 1 aromatic heterocycles. The molecule has 0 saturated carbocycles. The van der Waals surface area contributed by atoms with Crippen molar-refractivity contribution in [1.29, 1.82) is 0 Å². The van der Waals surface area contributed by atoms with Gasteiger partial charge in [0, 0.05) is 17.5 Å². The second-order valence-corrected chi connectivity index (χ2v) is 7.36. The Kier molecular flexibility index (Phi) is 7.08. The summed E-state index contributed by atoms with van der Waals surface area (Å²) in [4.78, 5) is 25.7. The van der Waals surface area contributed by atoms with Crippen molar-refractivity contribution < 1.29 is 14.0 Å². The van der Waals surface area contributed by atoms with Crippen molar-refractivity contribution in [2.24, 2.45) is 5.10 Å². The molecule has 0 aliphatic rings. The number of hydrogen-bond donors (Lipinski definition) is 2. The maximum atomic E-state index is 13.2. The molecule has 0 aliphatic heterocycles. The van der Waals surface area contributed by atoms with Gasteiger partial charge >= 0.3 is 0 Å². The minimum atomic E-state index is -0.846. The average Bonchev–Trinajstić information content (AvgIpc) is 3.41. The zero-order chi connectivity index (χ0) is 22.9. The molecule has 1 unspecified atom stereocenters. The first-order valence-electron chi connectivity index (χ1n) is 10.6. The maximum Gasteiger partial charge on any atom is 0.287 e. The summed E-state index contributed by atoms with van der Waals surface area (Å²) in [7, 11) is 0. The van der Waals surface area contributed by atoms with Crippen molar-refractivity contribution in [3.8, 4) is 0 Å². The SMILES string of the molecule is O=C(NC(Cc1ccccc1)C(=O)NN=C(c1ccccc1)c1ccccc1)c1ccco1. The Morgan fingerprint density at radius 1 is 0.758 bits per heavy atom. The van der Waals surface area contributed by atoms with E-state index in [2.05, 4.69) is 15.8 Å². The molecule has 1 atom stereocenters. The van der Waals surface area contributed by atoms with Crippen molar-refractivity contribution in [2.45, 2.75) is 12.5 Å². The topological polar surface area (TPSA) is 83.7 Å². The summed E-state index contributed by atoms with van der Waals surface area (Å²) in [5.41, 5.74) is 5.92. The minimum absolute atomic E-state index is 0.138. The number of nitrogens with zero attached hydrogens (tertiary/aromatic N) is 1.